The summed E-state index contributed by atoms with van der Waals surface area (Å²) in [6.45, 7) is 7.68. The average Bonchev–Trinajstić information content (AvgIpc) is 2.69. The fourth-order valence-corrected chi connectivity index (χ4v) is 3.39. The number of nitrogens with zero attached hydrogens (tertiary/aromatic N) is 2. The molecule has 2 aliphatic heterocycles. The largest absolute Gasteiger partial charge is 0.486 e. The maximum Gasteiger partial charge on any atom is 0.319 e. The van der Waals surface area contributed by atoms with Crippen molar-refractivity contribution in [1.82, 2.24) is 9.80 Å². The Morgan fingerprint density at radius 3 is 2.42 bits per heavy atom. The molecule has 2 heterocycles. The molecule has 3 rings (SSSR count). The molecule has 0 aliphatic carbocycles. The van der Waals surface area contributed by atoms with E-state index >= 15 is 0 Å². The quantitative estimate of drug-likeness (QED) is 0.895. The van der Waals surface area contributed by atoms with Gasteiger partial charge in [-0.2, -0.15) is 0 Å². The summed E-state index contributed by atoms with van der Waals surface area (Å²) >= 11 is 0. The van der Waals surface area contributed by atoms with Gasteiger partial charge in [-0.3, -0.25) is 4.79 Å². The minimum Gasteiger partial charge on any atom is -0.486 e. The van der Waals surface area contributed by atoms with Gasteiger partial charge in [-0.25, -0.2) is 4.79 Å². The molecule has 0 bridgehead atoms. The van der Waals surface area contributed by atoms with Gasteiger partial charge in [0.2, 0.25) is 5.91 Å². The highest BCUT2D eigenvalue weighted by Crippen LogP contribution is 2.33. The standard InChI is InChI=1S/C19H27N3O4/c1-3-21(4-2)19(24)22-9-7-14(8-10-22)18(23)20-15-5-6-16-17(13-15)26-12-11-25-16/h5-6,13-14H,3-4,7-12H2,1-2H3,(H,20,23). The number of hydrogen-bond acceptors (Lipinski definition) is 4. The van der Waals surface area contributed by atoms with Crippen molar-refractivity contribution in [1.29, 1.82) is 0 Å². The maximum absolute atomic E-state index is 12.6. The fourth-order valence-electron chi connectivity index (χ4n) is 3.39. The number of ether oxygens (including phenoxy) is 2. The Hall–Kier alpha value is -2.44. The van der Waals surface area contributed by atoms with Gasteiger partial charge in [0, 0.05) is 43.9 Å². The molecule has 0 atom stereocenters. The molecule has 1 saturated heterocycles. The number of benzene rings is 1. The van der Waals surface area contributed by atoms with E-state index in [9.17, 15) is 9.59 Å². The number of anilines is 1. The molecule has 0 aromatic heterocycles. The molecule has 1 aromatic rings. The van der Waals surface area contributed by atoms with Gasteiger partial charge in [0.15, 0.2) is 11.5 Å². The molecule has 2 aliphatic rings. The lowest BCUT2D eigenvalue weighted by molar-refractivity contribution is -0.121. The van der Waals surface area contributed by atoms with E-state index in [2.05, 4.69) is 5.32 Å². The second-order valence-corrected chi connectivity index (χ2v) is 6.56. The van der Waals surface area contributed by atoms with Gasteiger partial charge >= 0.3 is 6.03 Å². The maximum atomic E-state index is 12.6. The number of amides is 3. The highest BCUT2D eigenvalue weighted by molar-refractivity contribution is 5.93. The number of piperidine rings is 1. The summed E-state index contributed by atoms with van der Waals surface area (Å²) in [4.78, 5) is 28.6. The number of nitrogens with one attached hydrogen (secondary N) is 1. The molecule has 7 nitrogen and oxygen atoms in total. The lowest BCUT2D eigenvalue weighted by Crippen LogP contribution is -2.47. The Balaban J connectivity index is 1.53. The molecule has 1 fully saturated rings. The van der Waals surface area contributed by atoms with Crippen LogP contribution in [0.5, 0.6) is 11.5 Å². The summed E-state index contributed by atoms with van der Waals surface area (Å²) in [7, 11) is 0. The van der Waals surface area contributed by atoms with E-state index in [0.717, 1.165) is 0 Å². The summed E-state index contributed by atoms with van der Waals surface area (Å²) in [5, 5.41) is 2.96. The summed E-state index contributed by atoms with van der Waals surface area (Å²) in [6.07, 6.45) is 1.37. The number of carbonyl (C=O) groups is 2. The molecule has 0 radical (unpaired) electrons. The SMILES string of the molecule is CCN(CC)C(=O)N1CCC(C(=O)Nc2ccc3c(c2)OCCO3)CC1. The number of rotatable bonds is 4. The van der Waals surface area contributed by atoms with Crippen LogP contribution in [-0.2, 0) is 4.79 Å². The molecular formula is C19H27N3O4. The normalized spacial score (nSPS) is 16.9. The van der Waals surface area contributed by atoms with Crippen molar-refractivity contribution >= 4 is 17.6 Å². The van der Waals surface area contributed by atoms with Crippen LogP contribution in [0.15, 0.2) is 18.2 Å². The number of likely N-dealkylation sites (tertiary alicyclic amines) is 1. The Morgan fingerprint density at radius 2 is 1.77 bits per heavy atom. The van der Waals surface area contributed by atoms with Crippen molar-refractivity contribution in [3.05, 3.63) is 18.2 Å². The van der Waals surface area contributed by atoms with Gasteiger partial charge in [0.1, 0.15) is 13.2 Å². The third kappa shape index (κ3) is 4.03. The molecule has 26 heavy (non-hydrogen) atoms. The second-order valence-electron chi connectivity index (χ2n) is 6.56. The fraction of sp³-hybridized carbons (Fsp3) is 0.579. The predicted molar refractivity (Wildman–Crippen MR) is 98.7 cm³/mol. The average molecular weight is 361 g/mol. The predicted octanol–water partition coefficient (Wildman–Crippen LogP) is 2.57. The van der Waals surface area contributed by atoms with E-state index in [-0.39, 0.29) is 17.9 Å². The third-order valence-electron chi connectivity index (χ3n) is 4.98. The Bertz CT molecular complexity index is 652. The van der Waals surface area contributed by atoms with Gasteiger partial charge in [-0.05, 0) is 38.8 Å². The highest BCUT2D eigenvalue weighted by Gasteiger charge is 2.29. The van der Waals surface area contributed by atoms with Crippen LogP contribution in [0.2, 0.25) is 0 Å². The van der Waals surface area contributed by atoms with Crippen LogP contribution >= 0.6 is 0 Å². The van der Waals surface area contributed by atoms with Crippen LogP contribution in [0.3, 0.4) is 0 Å². The van der Waals surface area contributed by atoms with E-state index in [1.807, 2.05) is 35.8 Å². The first kappa shape index (κ1) is 18.4. The molecule has 0 spiro atoms. The zero-order valence-corrected chi connectivity index (χ0v) is 15.5. The van der Waals surface area contributed by atoms with Crippen molar-refractivity contribution in [3.8, 4) is 11.5 Å². The molecule has 7 heteroatoms. The second kappa shape index (κ2) is 8.29. The highest BCUT2D eigenvalue weighted by atomic mass is 16.6. The first-order chi connectivity index (χ1) is 12.6. The molecule has 142 valence electrons. The van der Waals surface area contributed by atoms with Gasteiger partial charge in [0.25, 0.3) is 0 Å². The summed E-state index contributed by atoms with van der Waals surface area (Å²) in [6, 6.07) is 5.51. The minimum atomic E-state index is -0.0797. The van der Waals surface area contributed by atoms with Crippen molar-refractivity contribution in [2.75, 3.05) is 44.7 Å². The zero-order chi connectivity index (χ0) is 18.5. The lowest BCUT2D eigenvalue weighted by atomic mass is 9.96. The number of urea groups is 1. The number of fused-ring (bicyclic) bond motifs is 1. The first-order valence-electron chi connectivity index (χ1n) is 9.36. The van der Waals surface area contributed by atoms with Gasteiger partial charge in [0.05, 0.1) is 0 Å². The number of carbonyl (C=O) groups excluding carboxylic acids is 2. The van der Waals surface area contributed by atoms with E-state index in [0.29, 0.717) is 69.4 Å². The van der Waals surface area contributed by atoms with Gasteiger partial charge in [-0.1, -0.05) is 0 Å². The monoisotopic (exact) mass is 361 g/mol. The van der Waals surface area contributed by atoms with Crippen LogP contribution < -0.4 is 14.8 Å². The summed E-state index contributed by atoms with van der Waals surface area (Å²) in [5.41, 5.74) is 0.709. The smallest absolute Gasteiger partial charge is 0.319 e. The minimum absolute atomic E-state index is 0.00313. The molecule has 1 aromatic carbocycles. The van der Waals surface area contributed by atoms with E-state index in [1.54, 1.807) is 6.07 Å². The van der Waals surface area contributed by atoms with Gasteiger partial charge < -0.3 is 24.6 Å². The summed E-state index contributed by atoms with van der Waals surface area (Å²) in [5.74, 6) is 1.28. The Morgan fingerprint density at radius 1 is 1.12 bits per heavy atom. The molecular weight excluding hydrogens is 334 g/mol. The topological polar surface area (TPSA) is 71.1 Å². The molecule has 1 N–H and O–H groups in total. The van der Waals surface area contributed by atoms with Crippen LogP contribution in [-0.4, -0.2) is 61.1 Å². The summed E-state index contributed by atoms with van der Waals surface area (Å²) < 4.78 is 11.0. The molecule has 0 saturated carbocycles. The first-order valence-corrected chi connectivity index (χ1v) is 9.36. The van der Waals surface area contributed by atoms with Crippen molar-refractivity contribution in [2.45, 2.75) is 26.7 Å². The number of hydrogen-bond donors (Lipinski definition) is 1. The van der Waals surface area contributed by atoms with Crippen molar-refractivity contribution in [3.63, 3.8) is 0 Å². The van der Waals surface area contributed by atoms with Gasteiger partial charge in [-0.15, -0.1) is 0 Å². The zero-order valence-electron chi connectivity index (χ0n) is 15.5. The van der Waals surface area contributed by atoms with E-state index in [1.165, 1.54) is 0 Å². The van der Waals surface area contributed by atoms with Crippen LogP contribution in [0.4, 0.5) is 10.5 Å². The van der Waals surface area contributed by atoms with Crippen LogP contribution in [0, 0.1) is 5.92 Å². The van der Waals surface area contributed by atoms with E-state index in [4.69, 9.17) is 9.47 Å². The van der Waals surface area contributed by atoms with Crippen LogP contribution in [0.25, 0.3) is 0 Å². The van der Waals surface area contributed by atoms with Crippen LogP contribution in [0.1, 0.15) is 26.7 Å². The Kier molecular flexibility index (Phi) is 5.85. The lowest BCUT2D eigenvalue weighted by Gasteiger charge is -2.34. The van der Waals surface area contributed by atoms with E-state index < -0.39 is 0 Å². The molecule has 0 unspecified atom stereocenters. The van der Waals surface area contributed by atoms with Crippen molar-refractivity contribution in [2.24, 2.45) is 5.92 Å². The Labute approximate surface area is 154 Å². The third-order valence-corrected chi connectivity index (χ3v) is 4.98. The molecule has 3 amide bonds. The van der Waals surface area contributed by atoms with Crippen molar-refractivity contribution < 1.29 is 19.1 Å².